The second-order valence-electron chi connectivity index (χ2n) is 7.74. The van der Waals surface area contributed by atoms with Crippen LogP contribution in [-0.2, 0) is 4.79 Å². The van der Waals surface area contributed by atoms with Crippen molar-refractivity contribution < 1.29 is 9.39 Å². The number of amides is 1. The van der Waals surface area contributed by atoms with Crippen LogP contribution < -0.4 is 0 Å². The van der Waals surface area contributed by atoms with Gasteiger partial charge in [0.1, 0.15) is 6.54 Å². The summed E-state index contributed by atoms with van der Waals surface area (Å²) in [5, 5.41) is 1.97. The van der Waals surface area contributed by atoms with Crippen LogP contribution in [0.15, 0.2) is 12.2 Å². The first-order valence-electron chi connectivity index (χ1n) is 10.2. The maximum atomic E-state index is 12.4. The molecule has 0 heterocycles. The van der Waals surface area contributed by atoms with E-state index in [0.29, 0.717) is 10.2 Å². The summed E-state index contributed by atoms with van der Waals surface area (Å²) in [5.74, 6) is 0.0916. The quantitative estimate of drug-likeness (QED) is 0.162. The predicted octanol–water partition coefficient (Wildman–Crippen LogP) is 5.71. The topological polar surface area (TPSA) is 20.3 Å². The van der Waals surface area contributed by atoms with E-state index in [4.69, 9.17) is 0 Å². The van der Waals surface area contributed by atoms with Gasteiger partial charge in [0.2, 0.25) is 0 Å². The number of nitrogens with zero attached hydrogens (tertiary/aromatic N) is 2. The molecule has 0 aliphatic rings. The molecule has 0 aliphatic heterocycles. The Balaban J connectivity index is 3.97. The van der Waals surface area contributed by atoms with E-state index in [-0.39, 0.29) is 5.91 Å². The molecule has 0 aromatic carbocycles. The molecule has 0 saturated carbocycles. The molecular formula is C21H43N2O+. The first-order chi connectivity index (χ1) is 11.4. The fourth-order valence-corrected chi connectivity index (χ4v) is 3.16. The average Bonchev–Trinajstić information content (AvgIpc) is 2.53. The molecule has 0 radical (unpaired) electrons. The predicted molar refractivity (Wildman–Crippen MR) is 106 cm³/mol. The van der Waals surface area contributed by atoms with Gasteiger partial charge in [-0.25, -0.2) is 4.59 Å². The monoisotopic (exact) mass is 339 g/mol. The Morgan fingerprint density at radius 3 is 1.71 bits per heavy atom. The van der Waals surface area contributed by atoms with E-state index in [0.717, 1.165) is 19.5 Å². The van der Waals surface area contributed by atoms with E-state index in [2.05, 4.69) is 34.5 Å². The molecule has 0 aromatic rings. The van der Waals surface area contributed by atoms with Crippen molar-refractivity contribution >= 4 is 5.91 Å². The molecule has 0 unspecified atom stereocenters. The molecular weight excluding hydrogens is 296 g/mol. The van der Waals surface area contributed by atoms with Gasteiger partial charge >= 0.3 is 0 Å². The molecule has 0 spiro atoms. The van der Waals surface area contributed by atoms with Crippen molar-refractivity contribution in [2.45, 2.75) is 91.4 Å². The molecule has 0 atom stereocenters. The number of rotatable bonds is 15. The van der Waals surface area contributed by atoms with Gasteiger partial charge in [0.15, 0.2) is 0 Å². The summed E-state index contributed by atoms with van der Waals surface area (Å²) in [4.78, 5) is 12.4. The second-order valence-corrected chi connectivity index (χ2v) is 7.74. The van der Waals surface area contributed by atoms with Crippen molar-refractivity contribution in [3.63, 3.8) is 0 Å². The van der Waals surface area contributed by atoms with Crippen LogP contribution in [0, 0.1) is 0 Å². The summed E-state index contributed by atoms with van der Waals surface area (Å²) in [6.45, 7) is 11.9. The number of hydrogen-bond acceptors (Lipinski definition) is 1. The normalized spacial score (nSPS) is 11.5. The minimum absolute atomic E-state index is 0.0916. The molecule has 0 aliphatic carbocycles. The number of hydrogen-bond donors (Lipinski definition) is 0. The summed E-state index contributed by atoms with van der Waals surface area (Å²) in [7, 11) is 4.29. The first kappa shape index (κ1) is 23.2. The van der Waals surface area contributed by atoms with Crippen molar-refractivity contribution in [1.29, 1.82) is 0 Å². The molecule has 0 N–H and O–H groups in total. The molecule has 1 amide bonds. The van der Waals surface area contributed by atoms with Gasteiger partial charge in [-0.1, -0.05) is 71.8 Å². The number of quaternary nitrogens is 1. The van der Waals surface area contributed by atoms with Gasteiger partial charge in [-0.05, 0) is 26.2 Å². The van der Waals surface area contributed by atoms with Crippen molar-refractivity contribution in [3.8, 4) is 0 Å². The van der Waals surface area contributed by atoms with Gasteiger partial charge in [0.05, 0.1) is 20.6 Å². The van der Waals surface area contributed by atoms with Crippen LogP contribution in [0.25, 0.3) is 0 Å². The Kier molecular flexibility index (Phi) is 13.0. The van der Waals surface area contributed by atoms with Crippen LogP contribution >= 0.6 is 0 Å². The van der Waals surface area contributed by atoms with Gasteiger partial charge in [0.25, 0.3) is 5.91 Å². The third-order valence-electron chi connectivity index (χ3n) is 4.75. The third-order valence-corrected chi connectivity index (χ3v) is 4.75. The zero-order valence-corrected chi connectivity index (χ0v) is 17.2. The van der Waals surface area contributed by atoms with Gasteiger partial charge < -0.3 is 0 Å². The first-order valence-corrected chi connectivity index (χ1v) is 10.2. The molecule has 24 heavy (non-hydrogen) atoms. The molecule has 3 nitrogen and oxygen atoms in total. The number of carbonyl (C=O) groups is 1. The SMILES string of the molecule is C=C(C)C(=O)N(CCC)[N+](C)(C)CCCCCCCCCCCC. The summed E-state index contributed by atoms with van der Waals surface area (Å²) in [6, 6.07) is 0. The molecule has 0 fully saturated rings. The Hall–Kier alpha value is -0.830. The summed E-state index contributed by atoms with van der Waals surface area (Å²) >= 11 is 0. The van der Waals surface area contributed by atoms with Crippen LogP contribution in [0.2, 0.25) is 0 Å². The summed E-state index contributed by atoms with van der Waals surface area (Å²) < 4.78 is 0.649. The lowest BCUT2D eigenvalue weighted by atomic mass is 10.1. The van der Waals surface area contributed by atoms with E-state index in [1.54, 1.807) is 0 Å². The van der Waals surface area contributed by atoms with Gasteiger partial charge in [0, 0.05) is 5.57 Å². The highest BCUT2D eigenvalue weighted by molar-refractivity contribution is 5.91. The number of carbonyl (C=O) groups excluding carboxylic acids is 1. The molecule has 142 valence electrons. The third kappa shape index (κ3) is 10.1. The van der Waals surface area contributed by atoms with Crippen molar-refractivity contribution in [2.75, 3.05) is 27.2 Å². The van der Waals surface area contributed by atoms with Crippen LogP contribution in [-0.4, -0.2) is 42.7 Å². The average molecular weight is 340 g/mol. The zero-order chi connectivity index (χ0) is 18.4. The maximum Gasteiger partial charge on any atom is 0.293 e. The van der Waals surface area contributed by atoms with E-state index in [1.165, 1.54) is 64.2 Å². The Labute approximate surface area is 151 Å². The second kappa shape index (κ2) is 13.5. The van der Waals surface area contributed by atoms with E-state index in [9.17, 15) is 4.79 Å². The highest BCUT2D eigenvalue weighted by atomic mass is 16.2. The Bertz CT molecular complexity index is 350. The van der Waals surface area contributed by atoms with E-state index < -0.39 is 0 Å². The molecule has 0 saturated heterocycles. The lowest BCUT2D eigenvalue weighted by Crippen LogP contribution is -2.58. The van der Waals surface area contributed by atoms with Crippen molar-refractivity contribution in [3.05, 3.63) is 12.2 Å². The van der Waals surface area contributed by atoms with Crippen LogP contribution in [0.3, 0.4) is 0 Å². The molecule has 0 bridgehead atoms. The smallest absolute Gasteiger partial charge is 0.264 e. The zero-order valence-electron chi connectivity index (χ0n) is 17.2. The Morgan fingerprint density at radius 1 is 0.833 bits per heavy atom. The standard InChI is InChI=1S/C21H43N2O/c1-7-9-10-11-12-13-14-15-16-17-19-23(5,6)22(18-8-2)21(24)20(3)4/h3,7-19H2,1-2,4-6H3/q+1. The molecule has 3 heteroatoms. The highest BCUT2D eigenvalue weighted by Crippen LogP contribution is 2.15. The van der Waals surface area contributed by atoms with Gasteiger partial charge in [-0.3, -0.25) is 4.79 Å². The molecule has 0 aromatic heterocycles. The lowest BCUT2D eigenvalue weighted by molar-refractivity contribution is -0.990. The number of unbranched alkanes of at least 4 members (excludes halogenated alkanes) is 9. The fraction of sp³-hybridized carbons (Fsp3) is 0.857. The molecule has 0 rings (SSSR count). The van der Waals surface area contributed by atoms with E-state index in [1.807, 2.05) is 11.9 Å². The minimum atomic E-state index is 0.0916. The van der Waals surface area contributed by atoms with Crippen LogP contribution in [0.4, 0.5) is 0 Å². The van der Waals surface area contributed by atoms with Gasteiger partial charge in [-0.15, -0.1) is 0 Å². The maximum absolute atomic E-state index is 12.4. The van der Waals surface area contributed by atoms with E-state index >= 15 is 0 Å². The van der Waals surface area contributed by atoms with Crippen molar-refractivity contribution in [1.82, 2.24) is 5.01 Å². The van der Waals surface area contributed by atoms with Crippen LogP contribution in [0.5, 0.6) is 0 Å². The van der Waals surface area contributed by atoms with Crippen LogP contribution in [0.1, 0.15) is 91.4 Å². The summed E-state index contributed by atoms with van der Waals surface area (Å²) in [6.07, 6.45) is 14.5. The Morgan fingerprint density at radius 2 is 1.29 bits per heavy atom. The summed E-state index contributed by atoms with van der Waals surface area (Å²) in [5.41, 5.74) is 0.637. The largest absolute Gasteiger partial charge is 0.293 e. The minimum Gasteiger partial charge on any atom is -0.264 e. The van der Waals surface area contributed by atoms with Gasteiger partial charge in [-0.2, -0.15) is 5.01 Å². The van der Waals surface area contributed by atoms with Crippen molar-refractivity contribution in [2.24, 2.45) is 0 Å². The fourth-order valence-electron chi connectivity index (χ4n) is 3.16. The highest BCUT2D eigenvalue weighted by Gasteiger charge is 2.29. The lowest BCUT2D eigenvalue weighted by Gasteiger charge is -2.39.